The Morgan fingerprint density at radius 2 is 2.04 bits per heavy atom. The molecule has 0 bridgehead atoms. The number of benzene rings is 1. The predicted molar refractivity (Wildman–Crippen MR) is 90.1 cm³/mol. The Morgan fingerprint density at radius 1 is 1.32 bits per heavy atom. The maximum absolute atomic E-state index is 12.9. The number of carbonyl (C=O) groups excluding carboxylic acids is 1. The van der Waals surface area contributed by atoms with Gasteiger partial charge in [0.1, 0.15) is 5.76 Å². The molecule has 0 radical (unpaired) electrons. The smallest absolute Gasteiger partial charge is 0.361 e. The Bertz CT molecular complexity index is 740. The van der Waals surface area contributed by atoms with Crippen LogP contribution in [0.15, 0.2) is 22.7 Å². The molecule has 0 unspecified atom stereocenters. The molecule has 0 aliphatic rings. The first-order chi connectivity index (χ1) is 11.7. The van der Waals surface area contributed by atoms with Gasteiger partial charge in [-0.05, 0) is 37.6 Å². The first-order valence-electron chi connectivity index (χ1n) is 7.41. The Labute approximate surface area is 147 Å². The molecule has 3 N–H and O–H groups in total. The molecule has 0 saturated carbocycles. The third-order valence-corrected chi connectivity index (χ3v) is 4.46. The van der Waals surface area contributed by atoms with E-state index in [0.29, 0.717) is 17.1 Å². The molecule has 0 aliphatic carbocycles. The fourth-order valence-electron chi connectivity index (χ4n) is 2.20. The number of rotatable bonds is 6. The van der Waals surface area contributed by atoms with E-state index in [4.69, 9.17) is 10.3 Å². The van der Waals surface area contributed by atoms with Gasteiger partial charge in [-0.15, -0.1) is 11.8 Å². The quantitative estimate of drug-likeness (QED) is 0.808. The minimum Gasteiger partial charge on any atom is -0.361 e. The van der Waals surface area contributed by atoms with Crippen molar-refractivity contribution in [2.45, 2.75) is 32.3 Å². The number of amides is 1. The van der Waals surface area contributed by atoms with Crippen molar-refractivity contribution in [1.29, 1.82) is 0 Å². The number of aryl methyl sites for hydroxylation is 2. The van der Waals surface area contributed by atoms with Crippen molar-refractivity contribution in [1.82, 2.24) is 5.16 Å². The van der Waals surface area contributed by atoms with Gasteiger partial charge in [0, 0.05) is 23.5 Å². The highest BCUT2D eigenvalue weighted by Crippen LogP contribution is 2.32. The van der Waals surface area contributed by atoms with Gasteiger partial charge >= 0.3 is 6.18 Å². The highest BCUT2D eigenvalue weighted by atomic mass is 32.2. The Hall–Kier alpha value is -2.00. The Kier molecular flexibility index (Phi) is 6.12. The lowest BCUT2D eigenvalue weighted by Gasteiger charge is -2.12. The third kappa shape index (κ3) is 5.23. The number of nitrogens with two attached hydrogens (primary N) is 1. The van der Waals surface area contributed by atoms with Gasteiger partial charge in [-0.3, -0.25) is 4.79 Å². The van der Waals surface area contributed by atoms with Crippen molar-refractivity contribution in [3.8, 4) is 0 Å². The fourth-order valence-corrected chi connectivity index (χ4v) is 3.17. The number of hydrogen-bond donors (Lipinski definition) is 2. The van der Waals surface area contributed by atoms with Crippen LogP contribution in [-0.2, 0) is 23.3 Å². The van der Waals surface area contributed by atoms with Crippen molar-refractivity contribution in [2.75, 3.05) is 11.1 Å². The van der Waals surface area contributed by atoms with Gasteiger partial charge in [-0.1, -0.05) is 5.16 Å². The molecular formula is C16H18F3N3O2S. The average Bonchev–Trinajstić information content (AvgIpc) is 2.85. The van der Waals surface area contributed by atoms with E-state index < -0.39 is 11.7 Å². The minimum absolute atomic E-state index is 0.0480. The van der Waals surface area contributed by atoms with E-state index in [9.17, 15) is 18.0 Å². The van der Waals surface area contributed by atoms with Gasteiger partial charge < -0.3 is 15.6 Å². The van der Waals surface area contributed by atoms with E-state index >= 15 is 0 Å². The van der Waals surface area contributed by atoms with Crippen LogP contribution >= 0.6 is 11.8 Å². The number of carbonyl (C=O) groups is 1. The zero-order valence-corrected chi connectivity index (χ0v) is 14.6. The molecule has 0 atom stereocenters. The van der Waals surface area contributed by atoms with Crippen LogP contribution in [0.4, 0.5) is 18.9 Å². The lowest BCUT2D eigenvalue weighted by molar-refractivity contribution is -0.137. The highest BCUT2D eigenvalue weighted by Gasteiger charge is 2.31. The molecule has 1 aromatic heterocycles. The van der Waals surface area contributed by atoms with Gasteiger partial charge in [0.05, 0.1) is 17.0 Å². The standard InChI is InChI=1S/C16H18F3N3O2S/c1-9-14(10(2)24-22-9)7-25-8-15(23)21-13-4-11(6-20)3-12(5-13)16(17,18)19/h3-5H,6-8,20H2,1-2H3,(H,21,23). The molecule has 5 nitrogen and oxygen atoms in total. The van der Waals surface area contributed by atoms with Gasteiger partial charge in [-0.2, -0.15) is 13.2 Å². The summed E-state index contributed by atoms with van der Waals surface area (Å²) in [6, 6.07) is 3.31. The number of aromatic nitrogens is 1. The number of halogens is 3. The van der Waals surface area contributed by atoms with Gasteiger partial charge in [0.15, 0.2) is 0 Å². The summed E-state index contributed by atoms with van der Waals surface area (Å²) >= 11 is 1.33. The van der Waals surface area contributed by atoms with Crippen LogP contribution in [0.3, 0.4) is 0 Å². The van der Waals surface area contributed by atoms with Crippen LogP contribution in [-0.4, -0.2) is 16.8 Å². The summed E-state index contributed by atoms with van der Waals surface area (Å²) in [5.74, 6) is 0.929. The second-order valence-corrected chi connectivity index (χ2v) is 6.45. The molecule has 1 amide bonds. The second-order valence-electron chi connectivity index (χ2n) is 5.46. The number of thioether (sulfide) groups is 1. The van der Waals surface area contributed by atoms with Crippen LogP contribution in [0.2, 0.25) is 0 Å². The van der Waals surface area contributed by atoms with Crippen molar-refractivity contribution in [2.24, 2.45) is 5.73 Å². The summed E-state index contributed by atoms with van der Waals surface area (Å²) in [5.41, 5.74) is 6.65. The topological polar surface area (TPSA) is 81.2 Å². The maximum Gasteiger partial charge on any atom is 0.416 e. The van der Waals surface area contributed by atoms with E-state index in [0.717, 1.165) is 23.4 Å². The average molecular weight is 373 g/mol. The molecular weight excluding hydrogens is 355 g/mol. The molecule has 136 valence electrons. The highest BCUT2D eigenvalue weighted by molar-refractivity contribution is 7.99. The third-order valence-electron chi connectivity index (χ3n) is 3.50. The predicted octanol–water partition coefficient (Wildman–Crippen LogP) is 3.64. The monoisotopic (exact) mass is 373 g/mol. The van der Waals surface area contributed by atoms with Gasteiger partial charge in [0.25, 0.3) is 0 Å². The summed E-state index contributed by atoms with van der Waals surface area (Å²) in [7, 11) is 0. The SMILES string of the molecule is Cc1noc(C)c1CSCC(=O)Nc1cc(CN)cc(C(F)(F)F)c1. The normalized spacial score (nSPS) is 11.6. The van der Waals surface area contributed by atoms with Crippen molar-refractivity contribution in [3.05, 3.63) is 46.3 Å². The number of hydrogen-bond acceptors (Lipinski definition) is 5. The Morgan fingerprint density at radius 3 is 2.60 bits per heavy atom. The van der Waals surface area contributed by atoms with E-state index in [1.165, 1.54) is 17.8 Å². The zero-order chi connectivity index (χ0) is 18.6. The lowest BCUT2D eigenvalue weighted by Crippen LogP contribution is -2.16. The number of alkyl halides is 3. The summed E-state index contributed by atoms with van der Waals surface area (Å²) in [5, 5.41) is 6.31. The number of anilines is 1. The van der Waals surface area contributed by atoms with Crippen LogP contribution in [0, 0.1) is 13.8 Å². The van der Waals surface area contributed by atoms with Gasteiger partial charge in [-0.25, -0.2) is 0 Å². The molecule has 9 heteroatoms. The van der Waals surface area contributed by atoms with Crippen molar-refractivity contribution >= 4 is 23.4 Å². The van der Waals surface area contributed by atoms with E-state index in [-0.39, 0.29) is 23.9 Å². The zero-order valence-electron chi connectivity index (χ0n) is 13.7. The molecule has 2 rings (SSSR count). The summed E-state index contributed by atoms with van der Waals surface area (Å²) in [6.45, 7) is 3.55. The van der Waals surface area contributed by atoms with Crippen molar-refractivity contribution < 1.29 is 22.5 Å². The summed E-state index contributed by atoms with van der Waals surface area (Å²) < 4.78 is 43.7. The summed E-state index contributed by atoms with van der Waals surface area (Å²) in [4.78, 5) is 12.0. The molecule has 0 aliphatic heterocycles. The molecule has 0 saturated heterocycles. The number of nitrogens with zero attached hydrogens (tertiary/aromatic N) is 1. The number of nitrogens with one attached hydrogen (secondary N) is 1. The summed E-state index contributed by atoms with van der Waals surface area (Å²) in [6.07, 6.45) is -4.50. The first kappa shape index (κ1) is 19.3. The molecule has 2 aromatic rings. The minimum atomic E-state index is -4.50. The largest absolute Gasteiger partial charge is 0.416 e. The lowest BCUT2D eigenvalue weighted by atomic mass is 10.1. The first-order valence-corrected chi connectivity index (χ1v) is 8.56. The molecule has 1 heterocycles. The van der Waals surface area contributed by atoms with Crippen LogP contribution in [0.5, 0.6) is 0 Å². The van der Waals surface area contributed by atoms with E-state index in [2.05, 4.69) is 10.5 Å². The molecule has 1 aromatic carbocycles. The van der Waals surface area contributed by atoms with Crippen LogP contribution < -0.4 is 11.1 Å². The van der Waals surface area contributed by atoms with Crippen LogP contribution in [0.1, 0.15) is 28.1 Å². The molecule has 25 heavy (non-hydrogen) atoms. The maximum atomic E-state index is 12.9. The molecule has 0 spiro atoms. The van der Waals surface area contributed by atoms with E-state index in [1.54, 1.807) is 6.92 Å². The fraction of sp³-hybridized carbons (Fsp3) is 0.375. The van der Waals surface area contributed by atoms with Gasteiger partial charge in [0.2, 0.25) is 5.91 Å². The Balaban J connectivity index is 1.98. The second kappa shape index (κ2) is 7.92. The van der Waals surface area contributed by atoms with Crippen molar-refractivity contribution in [3.63, 3.8) is 0 Å². The van der Waals surface area contributed by atoms with E-state index in [1.807, 2.05) is 6.92 Å². The molecule has 0 fully saturated rings. The van der Waals surface area contributed by atoms with Crippen LogP contribution in [0.25, 0.3) is 0 Å².